The number of benzene rings is 1. The van der Waals surface area contributed by atoms with Gasteiger partial charge in [-0.05, 0) is 29.8 Å². The van der Waals surface area contributed by atoms with Crippen molar-refractivity contribution in [1.29, 1.82) is 0 Å². The zero-order chi connectivity index (χ0) is 14.5. The Bertz CT molecular complexity index is 571. The van der Waals surface area contributed by atoms with Gasteiger partial charge in [0.25, 0.3) is 0 Å². The lowest BCUT2D eigenvalue weighted by molar-refractivity contribution is 0.587. The van der Waals surface area contributed by atoms with Crippen LogP contribution in [0.2, 0.25) is 10.0 Å². The molecule has 0 radical (unpaired) electrons. The van der Waals surface area contributed by atoms with Gasteiger partial charge in [0.05, 0.1) is 10.0 Å². The molecule has 1 aromatic carbocycles. The smallest absolute Gasteiger partial charge is 0.101 e. The Morgan fingerprint density at radius 2 is 1.95 bits per heavy atom. The first kappa shape index (κ1) is 15.6. The van der Waals surface area contributed by atoms with Crippen LogP contribution in [0.15, 0.2) is 46.5 Å². The van der Waals surface area contributed by atoms with E-state index >= 15 is 0 Å². The Morgan fingerprint density at radius 3 is 2.55 bits per heavy atom. The first-order chi connectivity index (χ1) is 9.54. The highest BCUT2D eigenvalue weighted by Gasteiger charge is 2.03. The van der Waals surface area contributed by atoms with Crippen molar-refractivity contribution in [2.45, 2.75) is 36.4 Å². The normalized spacial score (nSPS) is 11.1. The molecular weight excluding hydrogens is 311 g/mol. The van der Waals surface area contributed by atoms with Gasteiger partial charge in [0.15, 0.2) is 0 Å². The summed E-state index contributed by atoms with van der Waals surface area (Å²) in [6, 6.07) is 10.2. The van der Waals surface area contributed by atoms with Gasteiger partial charge >= 0.3 is 0 Å². The molecule has 1 N–H and O–H groups in total. The SMILES string of the molecule is CC(C)NCc1ccc(Sc2ccc(Cl)c(Cl)c2)nc1. The fraction of sp³-hybridized carbons (Fsp3) is 0.267. The molecule has 5 heteroatoms. The van der Waals surface area contributed by atoms with Gasteiger partial charge in [-0.2, -0.15) is 0 Å². The van der Waals surface area contributed by atoms with E-state index in [-0.39, 0.29) is 0 Å². The third kappa shape index (κ3) is 4.67. The molecule has 0 saturated carbocycles. The largest absolute Gasteiger partial charge is 0.310 e. The van der Waals surface area contributed by atoms with Crippen LogP contribution in [0.3, 0.4) is 0 Å². The number of halogens is 2. The summed E-state index contributed by atoms with van der Waals surface area (Å²) in [4.78, 5) is 5.48. The van der Waals surface area contributed by atoms with Crippen LogP contribution in [0, 0.1) is 0 Å². The van der Waals surface area contributed by atoms with Crippen molar-refractivity contribution >= 4 is 35.0 Å². The molecule has 0 aliphatic carbocycles. The van der Waals surface area contributed by atoms with Crippen LogP contribution in [0.5, 0.6) is 0 Å². The molecule has 0 aliphatic heterocycles. The van der Waals surface area contributed by atoms with Gasteiger partial charge in [-0.25, -0.2) is 4.98 Å². The molecule has 0 amide bonds. The van der Waals surface area contributed by atoms with Crippen LogP contribution in [0.4, 0.5) is 0 Å². The monoisotopic (exact) mass is 326 g/mol. The number of aromatic nitrogens is 1. The fourth-order valence-electron chi connectivity index (χ4n) is 1.56. The molecule has 0 aliphatic rings. The molecule has 2 nitrogen and oxygen atoms in total. The predicted octanol–water partition coefficient (Wildman–Crippen LogP) is 5.04. The fourth-order valence-corrected chi connectivity index (χ4v) is 2.72. The van der Waals surface area contributed by atoms with Crippen molar-refractivity contribution < 1.29 is 0 Å². The molecule has 106 valence electrons. The maximum absolute atomic E-state index is 6.00. The molecular formula is C15H16Cl2N2S. The highest BCUT2D eigenvalue weighted by molar-refractivity contribution is 7.99. The predicted molar refractivity (Wildman–Crippen MR) is 86.8 cm³/mol. The number of hydrogen-bond acceptors (Lipinski definition) is 3. The van der Waals surface area contributed by atoms with Gasteiger partial charge in [0.1, 0.15) is 5.03 Å². The molecule has 0 spiro atoms. The summed E-state index contributed by atoms with van der Waals surface area (Å²) in [6.45, 7) is 5.09. The van der Waals surface area contributed by atoms with Crippen LogP contribution >= 0.6 is 35.0 Å². The van der Waals surface area contributed by atoms with E-state index in [1.807, 2.05) is 24.4 Å². The lowest BCUT2D eigenvalue weighted by Gasteiger charge is -2.08. The second kappa shape index (κ2) is 7.32. The summed E-state index contributed by atoms with van der Waals surface area (Å²) >= 11 is 13.5. The van der Waals surface area contributed by atoms with Crippen LogP contribution in [-0.2, 0) is 6.54 Å². The van der Waals surface area contributed by atoms with E-state index in [4.69, 9.17) is 23.2 Å². The summed E-state index contributed by atoms with van der Waals surface area (Å²) in [5.74, 6) is 0. The molecule has 1 heterocycles. The average Bonchev–Trinajstić information content (AvgIpc) is 2.42. The van der Waals surface area contributed by atoms with E-state index in [1.54, 1.807) is 17.8 Å². The lowest BCUT2D eigenvalue weighted by Crippen LogP contribution is -2.21. The lowest BCUT2D eigenvalue weighted by atomic mass is 10.2. The van der Waals surface area contributed by atoms with Crippen molar-refractivity contribution in [2.24, 2.45) is 0 Å². The molecule has 2 rings (SSSR count). The minimum Gasteiger partial charge on any atom is -0.310 e. The third-order valence-electron chi connectivity index (χ3n) is 2.63. The van der Waals surface area contributed by atoms with E-state index in [0.717, 1.165) is 16.5 Å². The topological polar surface area (TPSA) is 24.9 Å². The Kier molecular flexibility index (Phi) is 5.73. The van der Waals surface area contributed by atoms with Crippen molar-refractivity contribution in [3.8, 4) is 0 Å². The first-order valence-corrected chi connectivity index (χ1v) is 7.93. The average molecular weight is 327 g/mol. The Balaban J connectivity index is 2.01. The molecule has 0 unspecified atom stereocenters. The highest BCUT2D eigenvalue weighted by Crippen LogP contribution is 2.31. The van der Waals surface area contributed by atoms with Crippen LogP contribution in [-0.4, -0.2) is 11.0 Å². The minimum absolute atomic E-state index is 0.472. The zero-order valence-electron chi connectivity index (χ0n) is 11.4. The number of rotatable bonds is 5. The molecule has 2 aromatic rings. The quantitative estimate of drug-likeness (QED) is 0.833. The number of hydrogen-bond donors (Lipinski definition) is 1. The van der Waals surface area contributed by atoms with Crippen molar-refractivity contribution in [3.05, 3.63) is 52.1 Å². The second-order valence-corrected chi connectivity index (χ2v) is 6.63. The van der Waals surface area contributed by atoms with Gasteiger partial charge in [-0.3, -0.25) is 0 Å². The molecule has 0 fully saturated rings. The third-order valence-corrected chi connectivity index (χ3v) is 4.30. The molecule has 20 heavy (non-hydrogen) atoms. The Hall–Kier alpha value is -0.740. The molecule has 0 saturated heterocycles. The van der Waals surface area contributed by atoms with Gasteiger partial charge in [0.2, 0.25) is 0 Å². The molecule has 1 aromatic heterocycles. The van der Waals surface area contributed by atoms with E-state index in [9.17, 15) is 0 Å². The van der Waals surface area contributed by atoms with Gasteiger partial charge in [-0.1, -0.05) is 54.9 Å². The minimum atomic E-state index is 0.472. The maximum Gasteiger partial charge on any atom is 0.101 e. The summed E-state index contributed by atoms with van der Waals surface area (Å²) in [7, 11) is 0. The number of nitrogens with zero attached hydrogens (tertiary/aromatic N) is 1. The Labute approximate surface area is 133 Å². The van der Waals surface area contributed by atoms with Gasteiger partial charge in [0, 0.05) is 23.7 Å². The second-order valence-electron chi connectivity index (χ2n) is 4.72. The highest BCUT2D eigenvalue weighted by atomic mass is 35.5. The van der Waals surface area contributed by atoms with Crippen molar-refractivity contribution in [2.75, 3.05) is 0 Å². The number of pyridine rings is 1. The van der Waals surface area contributed by atoms with E-state index in [0.29, 0.717) is 16.1 Å². The summed E-state index contributed by atoms with van der Waals surface area (Å²) < 4.78 is 0. The molecule has 0 atom stereocenters. The summed E-state index contributed by atoms with van der Waals surface area (Å²) in [5, 5.41) is 5.44. The van der Waals surface area contributed by atoms with Crippen LogP contribution in [0.25, 0.3) is 0 Å². The van der Waals surface area contributed by atoms with Crippen LogP contribution < -0.4 is 5.32 Å². The standard InChI is InChI=1S/C15H16Cl2N2S/c1-10(2)18-8-11-3-6-15(19-9-11)20-12-4-5-13(16)14(17)7-12/h3-7,9-10,18H,8H2,1-2H3. The Morgan fingerprint density at radius 1 is 1.15 bits per heavy atom. The van der Waals surface area contributed by atoms with Crippen molar-refractivity contribution in [1.82, 2.24) is 10.3 Å². The van der Waals surface area contributed by atoms with E-state index < -0.39 is 0 Å². The van der Waals surface area contributed by atoms with E-state index in [2.05, 4.69) is 30.2 Å². The number of nitrogens with one attached hydrogen (secondary N) is 1. The zero-order valence-corrected chi connectivity index (χ0v) is 13.7. The summed E-state index contributed by atoms with van der Waals surface area (Å²) in [6.07, 6.45) is 1.90. The van der Waals surface area contributed by atoms with Crippen LogP contribution in [0.1, 0.15) is 19.4 Å². The first-order valence-electron chi connectivity index (χ1n) is 6.36. The summed E-state index contributed by atoms with van der Waals surface area (Å²) in [5.41, 5.74) is 1.18. The molecule has 0 bridgehead atoms. The van der Waals surface area contributed by atoms with Gasteiger partial charge < -0.3 is 5.32 Å². The van der Waals surface area contributed by atoms with Crippen molar-refractivity contribution in [3.63, 3.8) is 0 Å². The maximum atomic E-state index is 6.00. The van der Waals surface area contributed by atoms with Gasteiger partial charge in [-0.15, -0.1) is 0 Å². The van der Waals surface area contributed by atoms with E-state index in [1.165, 1.54) is 5.56 Å².